The first-order chi connectivity index (χ1) is 11.0. The van der Waals surface area contributed by atoms with Crippen LogP contribution in [0.2, 0.25) is 0 Å². The van der Waals surface area contributed by atoms with Crippen molar-refractivity contribution in [2.24, 2.45) is 0 Å². The summed E-state index contributed by atoms with van der Waals surface area (Å²) in [6.45, 7) is 5.94. The third-order valence-corrected chi connectivity index (χ3v) is 5.07. The summed E-state index contributed by atoms with van der Waals surface area (Å²) >= 11 is 0. The van der Waals surface area contributed by atoms with Crippen LogP contribution < -0.4 is 0 Å². The standard InChI is InChI=1S/C20H24O3/c1-4-6-13-11(2)9-15-16(10-21)14-7-5-8-17(22)19(14)20(23)18(15)12(13)3/h4,6,9,17,21-23H,5,7-8,10H2,1-3H3/b6-4+. The van der Waals surface area contributed by atoms with E-state index < -0.39 is 6.10 Å². The lowest BCUT2D eigenvalue weighted by Gasteiger charge is -2.27. The van der Waals surface area contributed by atoms with Crippen molar-refractivity contribution in [1.29, 1.82) is 0 Å². The summed E-state index contributed by atoms with van der Waals surface area (Å²) in [6.07, 6.45) is 5.70. The number of fused-ring (bicyclic) bond motifs is 2. The number of hydrogen-bond acceptors (Lipinski definition) is 3. The van der Waals surface area contributed by atoms with Gasteiger partial charge in [0.25, 0.3) is 0 Å². The average molecular weight is 312 g/mol. The van der Waals surface area contributed by atoms with Crippen molar-refractivity contribution in [3.8, 4) is 5.75 Å². The lowest BCUT2D eigenvalue weighted by Crippen LogP contribution is -2.13. The smallest absolute Gasteiger partial charge is 0.129 e. The van der Waals surface area contributed by atoms with Gasteiger partial charge in [-0.2, -0.15) is 0 Å². The van der Waals surface area contributed by atoms with Crippen LogP contribution in [0, 0.1) is 13.8 Å². The van der Waals surface area contributed by atoms with E-state index in [2.05, 4.69) is 0 Å². The van der Waals surface area contributed by atoms with Crippen LogP contribution in [-0.4, -0.2) is 15.3 Å². The summed E-state index contributed by atoms with van der Waals surface area (Å²) in [7, 11) is 0. The van der Waals surface area contributed by atoms with Gasteiger partial charge in [0.05, 0.1) is 12.7 Å². The first-order valence-electron chi connectivity index (χ1n) is 8.23. The summed E-state index contributed by atoms with van der Waals surface area (Å²) in [5.41, 5.74) is 5.60. The lowest BCUT2D eigenvalue weighted by atomic mass is 9.80. The van der Waals surface area contributed by atoms with Crippen molar-refractivity contribution >= 4 is 16.8 Å². The van der Waals surface area contributed by atoms with E-state index >= 15 is 0 Å². The van der Waals surface area contributed by atoms with Gasteiger partial charge in [0, 0.05) is 10.9 Å². The van der Waals surface area contributed by atoms with E-state index in [0.29, 0.717) is 12.0 Å². The molecule has 3 rings (SSSR count). The summed E-state index contributed by atoms with van der Waals surface area (Å²) in [4.78, 5) is 0. The summed E-state index contributed by atoms with van der Waals surface area (Å²) in [5, 5.41) is 32.9. The SMILES string of the molecule is C/C=C/c1c(C)cc2c(CO)c3c(c(O)c2c1C)C(O)CCC3. The average Bonchev–Trinajstić information content (AvgIpc) is 2.51. The molecular weight excluding hydrogens is 288 g/mol. The van der Waals surface area contributed by atoms with Crippen LogP contribution >= 0.6 is 0 Å². The summed E-state index contributed by atoms with van der Waals surface area (Å²) < 4.78 is 0. The second-order valence-corrected chi connectivity index (χ2v) is 6.44. The van der Waals surface area contributed by atoms with E-state index in [0.717, 1.165) is 51.4 Å². The highest BCUT2D eigenvalue weighted by Crippen LogP contribution is 2.45. The Morgan fingerprint density at radius 2 is 2.04 bits per heavy atom. The third kappa shape index (κ3) is 2.35. The van der Waals surface area contributed by atoms with Crippen LogP contribution in [0.25, 0.3) is 16.8 Å². The molecule has 23 heavy (non-hydrogen) atoms. The number of aliphatic hydroxyl groups excluding tert-OH is 2. The molecule has 1 unspecified atom stereocenters. The molecule has 0 aliphatic heterocycles. The molecule has 0 aromatic heterocycles. The fourth-order valence-electron chi connectivity index (χ4n) is 4.01. The Labute approximate surface area is 136 Å². The number of benzene rings is 2. The Balaban J connectivity index is 2.50. The molecule has 2 aromatic rings. The van der Waals surface area contributed by atoms with Crippen molar-refractivity contribution in [1.82, 2.24) is 0 Å². The molecule has 0 saturated carbocycles. The molecule has 1 aliphatic rings. The van der Waals surface area contributed by atoms with Crippen LogP contribution in [0.15, 0.2) is 12.1 Å². The zero-order valence-electron chi connectivity index (χ0n) is 14.0. The van der Waals surface area contributed by atoms with Gasteiger partial charge in [0.1, 0.15) is 5.75 Å². The molecule has 3 nitrogen and oxygen atoms in total. The van der Waals surface area contributed by atoms with Gasteiger partial charge >= 0.3 is 0 Å². The van der Waals surface area contributed by atoms with Crippen molar-refractivity contribution in [3.05, 3.63) is 45.5 Å². The van der Waals surface area contributed by atoms with Gasteiger partial charge < -0.3 is 15.3 Å². The van der Waals surface area contributed by atoms with E-state index in [1.165, 1.54) is 0 Å². The molecule has 1 atom stereocenters. The highest BCUT2D eigenvalue weighted by atomic mass is 16.3. The number of phenols is 1. The molecule has 0 radical (unpaired) electrons. The first kappa shape index (κ1) is 16.0. The Hall–Kier alpha value is -1.84. The Bertz CT molecular complexity index is 803. The fourth-order valence-corrected chi connectivity index (χ4v) is 4.01. The Morgan fingerprint density at radius 1 is 1.30 bits per heavy atom. The van der Waals surface area contributed by atoms with Gasteiger partial charge in [-0.15, -0.1) is 0 Å². The monoisotopic (exact) mass is 312 g/mol. The number of rotatable bonds is 2. The molecule has 0 saturated heterocycles. The van der Waals surface area contributed by atoms with Crippen molar-refractivity contribution in [2.75, 3.05) is 0 Å². The molecule has 0 spiro atoms. The molecule has 3 N–H and O–H groups in total. The minimum atomic E-state index is -0.653. The van der Waals surface area contributed by atoms with E-state index in [1.807, 2.05) is 39.0 Å². The van der Waals surface area contributed by atoms with Crippen LogP contribution in [0.5, 0.6) is 5.75 Å². The number of aromatic hydroxyl groups is 1. The van der Waals surface area contributed by atoms with Crippen LogP contribution in [0.3, 0.4) is 0 Å². The van der Waals surface area contributed by atoms with Gasteiger partial charge in [-0.25, -0.2) is 0 Å². The zero-order chi connectivity index (χ0) is 16.7. The number of aliphatic hydroxyl groups is 2. The third-order valence-electron chi connectivity index (χ3n) is 5.07. The van der Waals surface area contributed by atoms with E-state index in [4.69, 9.17) is 0 Å². The van der Waals surface area contributed by atoms with Gasteiger partial charge in [-0.1, -0.05) is 18.2 Å². The summed E-state index contributed by atoms with van der Waals surface area (Å²) in [5.74, 6) is 0.183. The number of allylic oxidation sites excluding steroid dienone is 1. The predicted octanol–water partition coefficient (Wildman–Crippen LogP) is 4.06. The first-order valence-corrected chi connectivity index (χ1v) is 8.23. The molecule has 0 fully saturated rings. The minimum Gasteiger partial charge on any atom is -0.507 e. The largest absolute Gasteiger partial charge is 0.507 e. The fraction of sp³-hybridized carbons (Fsp3) is 0.400. The number of aryl methyl sites for hydroxylation is 2. The molecule has 1 aliphatic carbocycles. The van der Waals surface area contributed by atoms with E-state index in [9.17, 15) is 15.3 Å². The van der Waals surface area contributed by atoms with Crippen LogP contribution in [0.1, 0.15) is 59.3 Å². The van der Waals surface area contributed by atoms with Crippen molar-refractivity contribution in [3.63, 3.8) is 0 Å². The second kappa shape index (κ2) is 5.99. The highest BCUT2D eigenvalue weighted by molar-refractivity contribution is 5.98. The maximum absolute atomic E-state index is 10.9. The van der Waals surface area contributed by atoms with Crippen LogP contribution in [-0.2, 0) is 13.0 Å². The van der Waals surface area contributed by atoms with Gasteiger partial charge in [-0.3, -0.25) is 0 Å². The van der Waals surface area contributed by atoms with Gasteiger partial charge in [-0.05, 0) is 73.2 Å². The molecule has 122 valence electrons. The topological polar surface area (TPSA) is 60.7 Å². The second-order valence-electron chi connectivity index (χ2n) is 6.44. The number of hydrogen-bond donors (Lipinski definition) is 3. The highest BCUT2D eigenvalue weighted by Gasteiger charge is 2.28. The maximum atomic E-state index is 10.9. The lowest BCUT2D eigenvalue weighted by molar-refractivity contribution is 0.152. The molecule has 0 heterocycles. The number of phenolic OH excluding ortho intramolecular Hbond substituents is 1. The molecule has 2 aromatic carbocycles. The van der Waals surface area contributed by atoms with Gasteiger partial charge in [0.15, 0.2) is 0 Å². The quantitative estimate of drug-likeness (QED) is 0.784. The Kier molecular flexibility index (Phi) is 4.17. The minimum absolute atomic E-state index is 0.0757. The van der Waals surface area contributed by atoms with E-state index in [1.54, 1.807) is 0 Å². The van der Waals surface area contributed by atoms with Crippen molar-refractivity contribution < 1.29 is 15.3 Å². The normalized spacial score (nSPS) is 17.9. The van der Waals surface area contributed by atoms with Crippen molar-refractivity contribution in [2.45, 2.75) is 52.7 Å². The maximum Gasteiger partial charge on any atom is 0.129 e. The van der Waals surface area contributed by atoms with E-state index in [-0.39, 0.29) is 12.4 Å². The molecule has 3 heteroatoms. The summed E-state index contributed by atoms with van der Waals surface area (Å²) in [6, 6.07) is 2.05. The predicted molar refractivity (Wildman–Crippen MR) is 93.6 cm³/mol. The van der Waals surface area contributed by atoms with Crippen LogP contribution in [0.4, 0.5) is 0 Å². The zero-order valence-corrected chi connectivity index (χ0v) is 14.0. The molecule has 0 amide bonds. The molecule has 0 bridgehead atoms. The van der Waals surface area contributed by atoms with Gasteiger partial charge in [0.2, 0.25) is 0 Å². The molecular formula is C20H24O3. The Morgan fingerprint density at radius 3 is 2.70 bits per heavy atom.